The van der Waals surface area contributed by atoms with Crippen LogP contribution in [0.25, 0.3) is 0 Å². The summed E-state index contributed by atoms with van der Waals surface area (Å²) >= 11 is 0. The Balaban J connectivity index is 3.68. The van der Waals surface area contributed by atoms with Gasteiger partial charge in [-0.05, 0) is 38.5 Å². The van der Waals surface area contributed by atoms with Gasteiger partial charge >= 0.3 is 19.8 Å². The summed E-state index contributed by atoms with van der Waals surface area (Å²) in [5.74, 6) is -0.913. The highest BCUT2D eigenvalue weighted by atomic mass is 31.2. The number of rotatable bonds is 61. The maximum absolute atomic E-state index is 12.6. The molecule has 0 amide bonds. The first kappa shape index (κ1) is 73.0. The number of carbonyl (C=O) groups is 2. The fourth-order valence-corrected chi connectivity index (χ4v) is 10.3. The van der Waals surface area contributed by atoms with E-state index in [-0.39, 0.29) is 32.6 Å². The SMILES string of the molecule is CC/C=C\C/C=C\C/C=C\C/C=C\CCC(=O)OC(COC(=O)CCCCCCCCCCCCCCCCCCCCCCCCCCCCCCCCCCCCCCCCCCC)COP(=O)(O)OCCN. The van der Waals surface area contributed by atoms with Gasteiger partial charge in [0.2, 0.25) is 0 Å². The lowest BCUT2D eigenvalue weighted by Crippen LogP contribution is -2.29. The first-order chi connectivity index (χ1) is 36.8. The molecule has 0 saturated heterocycles. The van der Waals surface area contributed by atoms with Crippen molar-refractivity contribution in [3.05, 3.63) is 48.6 Å². The summed E-state index contributed by atoms with van der Waals surface area (Å²) in [5.41, 5.74) is 5.37. The molecule has 0 aromatic rings. The minimum atomic E-state index is -4.40. The Bertz CT molecular complexity index is 1370. The number of carbonyl (C=O) groups excluding carboxylic acids is 2. The van der Waals surface area contributed by atoms with Crippen LogP contribution in [-0.2, 0) is 32.7 Å². The van der Waals surface area contributed by atoms with Crippen molar-refractivity contribution in [3.63, 3.8) is 0 Å². The number of hydrogen-bond donors (Lipinski definition) is 2. The average Bonchev–Trinajstić information content (AvgIpc) is 3.40. The second-order valence-corrected chi connectivity index (χ2v) is 23.1. The highest BCUT2D eigenvalue weighted by Crippen LogP contribution is 2.43. The molecule has 10 heteroatoms. The van der Waals surface area contributed by atoms with Gasteiger partial charge in [-0.2, -0.15) is 0 Å². The van der Waals surface area contributed by atoms with Crippen LogP contribution in [-0.4, -0.2) is 49.3 Å². The molecule has 0 bridgehead atoms. The van der Waals surface area contributed by atoms with Crippen molar-refractivity contribution in [2.75, 3.05) is 26.4 Å². The molecule has 0 radical (unpaired) electrons. The van der Waals surface area contributed by atoms with Crippen molar-refractivity contribution in [3.8, 4) is 0 Å². The summed E-state index contributed by atoms with van der Waals surface area (Å²) in [5, 5.41) is 0. The number of hydrogen-bond acceptors (Lipinski definition) is 8. The molecule has 0 spiro atoms. The van der Waals surface area contributed by atoms with Crippen LogP contribution in [0.3, 0.4) is 0 Å². The monoisotopic (exact) mass is 1080 g/mol. The molecule has 2 unspecified atom stereocenters. The van der Waals surface area contributed by atoms with Crippen molar-refractivity contribution >= 4 is 19.8 Å². The third-order valence-corrected chi connectivity index (χ3v) is 15.2. The standard InChI is InChI=1S/C65H122NO8P/c1-3-5-7-9-11-13-15-17-18-19-20-21-22-23-24-25-26-27-28-29-30-31-32-33-34-35-36-37-38-39-40-41-42-43-44-46-47-49-51-53-55-57-64(67)71-61-63(62-73-75(69,70)72-60-59-66)74-65(68)58-56-54-52-50-48-45-16-14-12-10-8-6-4-2/h6,8,12,14,45,48,52,54,63H,3-5,7,9-11,13,15-44,46-47,49-51,53,55-62,66H2,1-2H3,(H,69,70)/b8-6-,14-12-,48-45-,54-52-. The third-order valence-electron chi connectivity index (χ3n) is 14.2. The highest BCUT2D eigenvalue weighted by Gasteiger charge is 2.26. The van der Waals surface area contributed by atoms with Crippen LogP contribution in [0, 0.1) is 0 Å². The van der Waals surface area contributed by atoms with Gasteiger partial charge in [0.15, 0.2) is 6.10 Å². The Morgan fingerprint density at radius 2 is 0.733 bits per heavy atom. The van der Waals surface area contributed by atoms with Crippen molar-refractivity contribution in [1.82, 2.24) is 0 Å². The summed E-state index contributed by atoms with van der Waals surface area (Å²) in [6, 6.07) is 0. The molecule has 0 fully saturated rings. The van der Waals surface area contributed by atoms with Gasteiger partial charge in [-0.15, -0.1) is 0 Å². The molecule has 440 valence electrons. The second-order valence-electron chi connectivity index (χ2n) is 21.6. The summed E-state index contributed by atoms with van der Waals surface area (Å²) in [7, 11) is -4.40. The Labute approximate surface area is 464 Å². The molecule has 0 saturated carbocycles. The molecule has 3 N–H and O–H groups in total. The lowest BCUT2D eigenvalue weighted by atomic mass is 10.0. The smallest absolute Gasteiger partial charge is 0.462 e. The van der Waals surface area contributed by atoms with Crippen LogP contribution in [0.5, 0.6) is 0 Å². The lowest BCUT2D eigenvalue weighted by molar-refractivity contribution is -0.161. The van der Waals surface area contributed by atoms with Crippen LogP contribution >= 0.6 is 7.82 Å². The Kier molecular flexibility index (Phi) is 59.5. The number of unbranched alkanes of at least 4 members (excludes halogenated alkanes) is 40. The molecule has 9 nitrogen and oxygen atoms in total. The summed E-state index contributed by atoms with van der Waals surface area (Å²) in [6.45, 7) is 3.57. The molecule has 0 aromatic carbocycles. The van der Waals surface area contributed by atoms with Crippen LogP contribution in [0.2, 0.25) is 0 Å². The highest BCUT2D eigenvalue weighted by molar-refractivity contribution is 7.47. The molecular weight excluding hydrogens is 954 g/mol. The number of nitrogens with two attached hydrogens (primary N) is 1. The van der Waals surface area contributed by atoms with E-state index in [9.17, 15) is 19.0 Å². The molecule has 0 aliphatic rings. The molecule has 75 heavy (non-hydrogen) atoms. The van der Waals surface area contributed by atoms with Gasteiger partial charge in [0, 0.05) is 19.4 Å². The minimum Gasteiger partial charge on any atom is -0.462 e. The van der Waals surface area contributed by atoms with E-state index in [1.54, 1.807) is 0 Å². The normalized spacial score (nSPS) is 13.3. The van der Waals surface area contributed by atoms with Gasteiger partial charge in [0.1, 0.15) is 6.61 Å². The van der Waals surface area contributed by atoms with Crippen LogP contribution in [0.1, 0.15) is 322 Å². The van der Waals surface area contributed by atoms with Gasteiger partial charge in [-0.3, -0.25) is 18.6 Å². The Morgan fingerprint density at radius 1 is 0.413 bits per heavy atom. The average molecular weight is 1080 g/mol. The predicted octanol–water partition coefficient (Wildman–Crippen LogP) is 20.5. The molecule has 2 atom stereocenters. The number of esters is 2. The van der Waals surface area contributed by atoms with Gasteiger partial charge < -0.3 is 20.1 Å². The summed E-state index contributed by atoms with van der Waals surface area (Å²) < 4.78 is 32.8. The van der Waals surface area contributed by atoms with Gasteiger partial charge in [0.25, 0.3) is 0 Å². The Hall–Kier alpha value is -2.03. The molecule has 0 heterocycles. The predicted molar refractivity (Wildman–Crippen MR) is 321 cm³/mol. The van der Waals surface area contributed by atoms with Gasteiger partial charge in [-0.1, -0.05) is 319 Å². The molecule has 0 aliphatic heterocycles. The van der Waals surface area contributed by atoms with E-state index in [0.29, 0.717) is 6.42 Å². The zero-order chi connectivity index (χ0) is 54.5. The van der Waals surface area contributed by atoms with Crippen molar-refractivity contribution in [2.45, 2.75) is 328 Å². The zero-order valence-corrected chi connectivity index (χ0v) is 50.2. The van der Waals surface area contributed by atoms with E-state index < -0.39 is 32.5 Å². The largest absolute Gasteiger partial charge is 0.472 e. The fourth-order valence-electron chi connectivity index (χ4n) is 9.54. The number of phosphoric ester groups is 1. The fraction of sp³-hybridized carbons (Fsp3) is 0.846. The second kappa shape index (κ2) is 61.2. The first-order valence-corrected chi connectivity index (χ1v) is 33.6. The van der Waals surface area contributed by atoms with Crippen LogP contribution in [0.4, 0.5) is 0 Å². The zero-order valence-electron chi connectivity index (χ0n) is 49.3. The van der Waals surface area contributed by atoms with Gasteiger partial charge in [0.05, 0.1) is 13.2 Å². The minimum absolute atomic E-state index is 0.0427. The molecule has 0 rings (SSSR count). The van der Waals surface area contributed by atoms with E-state index in [1.807, 2.05) is 12.2 Å². The number of ether oxygens (including phenoxy) is 2. The summed E-state index contributed by atoms with van der Waals surface area (Å²) in [6.07, 6.45) is 77.0. The van der Waals surface area contributed by atoms with Gasteiger partial charge in [-0.25, -0.2) is 4.57 Å². The van der Waals surface area contributed by atoms with E-state index >= 15 is 0 Å². The number of phosphoric acid groups is 1. The quantitative estimate of drug-likeness (QED) is 0.0264. The molecule has 0 aliphatic carbocycles. The van der Waals surface area contributed by atoms with E-state index in [2.05, 4.69) is 50.3 Å². The van der Waals surface area contributed by atoms with Crippen molar-refractivity contribution < 1.29 is 37.6 Å². The van der Waals surface area contributed by atoms with Crippen LogP contribution in [0.15, 0.2) is 48.6 Å². The Morgan fingerprint density at radius 3 is 1.07 bits per heavy atom. The summed E-state index contributed by atoms with van der Waals surface area (Å²) in [4.78, 5) is 35.0. The van der Waals surface area contributed by atoms with Crippen molar-refractivity contribution in [1.29, 1.82) is 0 Å². The van der Waals surface area contributed by atoms with E-state index in [1.165, 1.54) is 244 Å². The van der Waals surface area contributed by atoms with Crippen molar-refractivity contribution in [2.24, 2.45) is 5.73 Å². The maximum atomic E-state index is 12.6. The topological polar surface area (TPSA) is 134 Å². The van der Waals surface area contributed by atoms with E-state index in [4.69, 9.17) is 24.3 Å². The maximum Gasteiger partial charge on any atom is 0.472 e. The molecular formula is C65H122NO8P. The molecule has 0 aromatic heterocycles. The first-order valence-electron chi connectivity index (χ1n) is 32.1. The lowest BCUT2D eigenvalue weighted by Gasteiger charge is -2.19. The number of allylic oxidation sites excluding steroid dienone is 8. The van der Waals surface area contributed by atoms with Crippen LogP contribution < -0.4 is 5.73 Å². The van der Waals surface area contributed by atoms with E-state index in [0.717, 1.165) is 44.9 Å². The third kappa shape index (κ3) is 61.1.